The van der Waals surface area contributed by atoms with Gasteiger partial charge in [0.25, 0.3) is 0 Å². The Bertz CT molecular complexity index is 1130. The molecule has 2 aromatic carbocycles. The predicted molar refractivity (Wildman–Crippen MR) is 118 cm³/mol. The summed E-state index contributed by atoms with van der Waals surface area (Å²) in [4.78, 5) is 16.3. The lowest BCUT2D eigenvalue weighted by atomic mass is 10.0. The zero-order chi connectivity index (χ0) is 22.0. The first-order valence-electron chi connectivity index (χ1n) is 10.7. The van der Waals surface area contributed by atoms with Crippen LogP contribution in [-0.4, -0.2) is 52.0 Å². The molecule has 1 fully saturated rings. The van der Waals surface area contributed by atoms with Crippen LogP contribution in [0.2, 0.25) is 0 Å². The number of aromatic hydroxyl groups is 1. The Kier molecular flexibility index (Phi) is 6.15. The molecule has 0 bridgehead atoms. The minimum absolute atomic E-state index is 0.134. The molecule has 164 valence electrons. The fourth-order valence-corrected chi connectivity index (χ4v) is 4.36. The number of quaternary nitrogens is 2. The molecular weight excluding hydrogens is 396 g/mol. The Morgan fingerprint density at radius 1 is 1.00 bits per heavy atom. The van der Waals surface area contributed by atoms with E-state index in [-0.39, 0.29) is 11.2 Å². The third kappa shape index (κ3) is 4.11. The third-order valence-corrected chi connectivity index (χ3v) is 6.31. The number of piperazine rings is 1. The number of benzene rings is 2. The molecule has 0 amide bonds. The van der Waals surface area contributed by atoms with Gasteiger partial charge in [-0.15, -0.1) is 0 Å². The van der Waals surface area contributed by atoms with E-state index in [4.69, 9.17) is 13.9 Å². The second kappa shape index (κ2) is 8.99. The molecule has 7 heteroatoms. The smallest absolute Gasteiger partial charge is 0.200 e. The second-order valence-electron chi connectivity index (χ2n) is 8.02. The SMILES string of the molecule is CC[NH+]1CC[NH+](Cc2c(O)ccc3c(=O)c(-c4ccc(OC)c(OC)c4)coc23)CC1. The van der Waals surface area contributed by atoms with Gasteiger partial charge in [0.05, 0.1) is 37.3 Å². The fourth-order valence-electron chi connectivity index (χ4n) is 4.36. The zero-order valence-electron chi connectivity index (χ0n) is 18.3. The Morgan fingerprint density at radius 3 is 2.39 bits per heavy atom. The van der Waals surface area contributed by atoms with E-state index >= 15 is 0 Å². The zero-order valence-corrected chi connectivity index (χ0v) is 18.3. The number of fused-ring (bicyclic) bond motifs is 1. The van der Waals surface area contributed by atoms with Crippen molar-refractivity contribution in [2.45, 2.75) is 13.5 Å². The van der Waals surface area contributed by atoms with Crippen LogP contribution < -0.4 is 24.7 Å². The molecule has 0 radical (unpaired) electrons. The quantitative estimate of drug-likeness (QED) is 0.535. The largest absolute Gasteiger partial charge is 0.507 e. The Labute approximate surface area is 181 Å². The van der Waals surface area contributed by atoms with Crippen LogP contribution in [0.4, 0.5) is 0 Å². The number of phenols is 1. The number of ether oxygens (including phenoxy) is 2. The molecule has 3 aromatic rings. The van der Waals surface area contributed by atoms with E-state index in [1.807, 2.05) is 0 Å². The third-order valence-electron chi connectivity index (χ3n) is 6.31. The standard InChI is InChI=1S/C24H28N2O5/c1-4-25-9-11-26(12-10-25)14-18-20(27)7-6-17-23(28)19(15-31-24(17)18)16-5-8-21(29-2)22(13-16)30-3/h5-8,13,15,27H,4,9-12,14H2,1-3H3/p+2. The van der Waals surface area contributed by atoms with Crippen molar-refractivity contribution in [1.82, 2.24) is 0 Å². The normalized spacial score (nSPS) is 18.8. The van der Waals surface area contributed by atoms with E-state index in [1.54, 1.807) is 49.5 Å². The second-order valence-corrected chi connectivity index (χ2v) is 8.02. The Balaban J connectivity index is 1.71. The minimum atomic E-state index is -0.134. The van der Waals surface area contributed by atoms with E-state index in [1.165, 1.54) is 11.2 Å². The van der Waals surface area contributed by atoms with Crippen LogP contribution in [0.25, 0.3) is 22.1 Å². The van der Waals surface area contributed by atoms with Crippen LogP contribution in [0.1, 0.15) is 12.5 Å². The minimum Gasteiger partial charge on any atom is -0.507 e. The highest BCUT2D eigenvalue weighted by Gasteiger charge is 2.25. The monoisotopic (exact) mass is 426 g/mol. The van der Waals surface area contributed by atoms with E-state index in [9.17, 15) is 9.90 Å². The van der Waals surface area contributed by atoms with Gasteiger partial charge in [0.15, 0.2) is 11.5 Å². The van der Waals surface area contributed by atoms with Crippen LogP contribution in [0.5, 0.6) is 17.2 Å². The predicted octanol–water partition coefficient (Wildman–Crippen LogP) is 0.486. The Morgan fingerprint density at radius 2 is 1.71 bits per heavy atom. The van der Waals surface area contributed by atoms with E-state index in [0.717, 1.165) is 32.7 Å². The summed E-state index contributed by atoms with van der Waals surface area (Å²) in [7, 11) is 3.13. The van der Waals surface area contributed by atoms with Crippen molar-refractivity contribution in [2.24, 2.45) is 0 Å². The highest BCUT2D eigenvalue weighted by molar-refractivity contribution is 5.85. The van der Waals surface area contributed by atoms with Crippen molar-refractivity contribution in [3.8, 4) is 28.4 Å². The van der Waals surface area contributed by atoms with Crippen molar-refractivity contribution in [2.75, 3.05) is 46.9 Å². The first-order chi connectivity index (χ1) is 15.0. The molecule has 3 N–H and O–H groups in total. The van der Waals surface area contributed by atoms with Crippen molar-refractivity contribution < 1.29 is 28.8 Å². The number of nitrogens with one attached hydrogen (secondary N) is 2. The molecule has 31 heavy (non-hydrogen) atoms. The van der Waals surface area contributed by atoms with Gasteiger partial charge >= 0.3 is 0 Å². The first-order valence-corrected chi connectivity index (χ1v) is 10.7. The molecular formula is C24H30N2O5+2. The first kappa shape index (κ1) is 21.2. The number of rotatable bonds is 6. The van der Waals surface area contributed by atoms with Crippen LogP contribution in [-0.2, 0) is 6.54 Å². The van der Waals surface area contributed by atoms with Crippen molar-refractivity contribution >= 4 is 11.0 Å². The molecule has 0 atom stereocenters. The van der Waals surface area contributed by atoms with Gasteiger partial charge in [-0.2, -0.15) is 0 Å². The summed E-state index contributed by atoms with van der Waals surface area (Å²) in [5.74, 6) is 1.31. The maximum Gasteiger partial charge on any atom is 0.200 e. The molecule has 7 nitrogen and oxygen atoms in total. The molecule has 0 spiro atoms. The Hall–Kier alpha value is -3.03. The van der Waals surface area contributed by atoms with Gasteiger partial charge in [0, 0.05) is 0 Å². The number of likely N-dealkylation sites (N-methyl/N-ethyl adjacent to an activating group) is 1. The van der Waals surface area contributed by atoms with Crippen molar-refractivity contribution in [3.63, 3.8) is 0 Å². The highest BCUT2D eigenvalue weighted by Crippen LogP contribution is 2.33. The van der Waals surface area contributed by atoms with Crippen LogP contribution >= 0.6 is 0 Å². The van der Waals surface area contributed by atoms with Gasteiger partial charge in [0.1, 0.15) is 50.3 Å². The summed E-state index contributed by atoms with van der Waals surface area (Å²) in [6.45, 7) is 8.29. The molecule has 1 aliphatic heterocycles. The van der Waals surface area contributed by atoms with Crippen molar-refractivity contribution in [1.29, 1.82) is 0 Å². The summed E-state index contributed by atoms with van der Waals surface area (Å²) >= 11 is 0. The van der Waals surface area contributed by atoms with Crippen LogP contribution in [0.3, 0.4) is 0 Å². The lowest BCUT2D eigenvalue weighted by Crippen LogP contribution is -3.27. The topological polar surface area (TPSA) is 77.8 Å². The molecule has 0 unspecified atom stereocenters. The van der Waals surface area contributed by atoms with Gasteiger partial charge in [-0.25, -0.2) is 0 Å². The van der Waals surface area contributed by atoms with Gasteiger partial charge in [0.2, 0.25) is 5.43 Å². The summed E-state index contributed by atoms with van der Waals surface area (Å²) in [6.07, 6.45) is 1.48. The molecule has 0 aliphatic carbocycles. The number of hydrogen-bond acceptors (Lipinski definition) is 5. The lowest BCUT2D eigenvalue weighted by Gasteiger charge is -2.29. The van der Waals surface area contributed by atoms with Gasteiger partial charge in [-0.3, -0.25) is 4.79 Å². The molecule has 1 aliphatic rings. The van der Waals surface area contributed by atoms with Crippen LogP contribution in [0.15, 0.2) is 45.8 Å². The van der Waals surface area contributed by atoms with Crippen LogP contribution in [0, 0.1) is 0 Å². The van der Waals surface area contributed by atoms with Gasteiger partial charge in [-0.05, 0) is 36.8 Å². The number of phenolic OH excluding ortho intramolecular Hbond substituents is 1. The highest BCUT2D eigenvalue weighted by atomic mass is 16.5. The van der Waals surface area contributed by atoms with E-state index in [2.05, 4.69) is 6.92 Å². The summed E-state index contributed by atoms with van der Waals surface area (Å²) in [5, 5.41) is 11.0. The van der Waals surface area contributed by atoms with Crippen molar-refractivity contribution in [3.05, 3.63) is 52.4 Å². The molecule has 0 saturated carbocycles. The average Bonchev–Trinajstić information content (AvgIpc) is 2.81. The lowest BCUT2D eigenvalue weighted by molar-refractivity contribution is -1.02. The van der Waals surface area contributed by atoms with Gasteiger partial charge < -0.3 is 28.8 Å². The average molecular weight is 427 g/mol. The molecule has 1 saturated heterocycles. The maximum atomic E-state index is 13.3. The number of methoxy groups -OCH3 is 2. The summed E-state index contributed by atoms with van der Waals surface area (Å²) in [5.41, 5.74) is 2.16. The molecule has 1 aromatic heterocycles. The molecule has 2 heterocycles. The summed E-state index contributed by atoms with van der Waals surface area (Å²) < 4.78 is 16.6. The van der Waals surface area contributed by atoms with E-state index < -0.39 is 0 Å². The fraction of sp³-hybridized carbons (Fsp3) is 0.375. The van der Waals surface area contributed by atoms with Gasteiger partial charge in [-0.1, -0.05) is 6.07 Å². The maximum absolute atomic E-state index is 13.3. The molecule has 4 rings (SSSR count). The van der Waals surface area contributed by atoms with E-state index in [0.29, 0.717) is 45.7 Å². The summed E-state index contributed by atoms with van der Waals surface area (Å²) in [6, 6.07) is 8.57. The number of hydrogen-bond donors (Lipinski definition) is 3.